The third-order valence-electron chi connectivity index (χ3n) is 1.49. The Labute approximate surface area is 86.5 Å². The van der Waals surface area contributed by atoms with Gasteiger partial charge in [0, 0.05) is 17.8 Å². The standard InChI is InChI=1S/C10H23NOS/c1-8(2)13-7-9(12)6-11-10(3,4)5/h8-9,11-12H,6-7H2,1-5H3. The fraction of sp³-hybridized carbons (Fsp3) is 1.00. The van der Waals surface area contributed by atoms with Gasteiger partial charge in [0.25, 0.3) is 0 Å². The Morgan fingerprint density at radius 2 is 1.85 bits per heavy atom. The molecular weight excluding hydrogens is 182 g/mol. The summed E-state index contributed by atoms with van der Waals surface area (Å²) in [5.41, 5.74) is 0.101. The second-order valence-electron chi connectivity index (χ2n) is 4.67. The fourth-order valence-electron chi connectivity index (χ4n) is 0.786. The molecule has 0 fully saturated rings. The minimum Gasteiger partial charge on any atom is -0.391 e. The number of hydrogen-bond donors (Lipinski definition) is 2. The Hall–Kier alpha value is 0.270. The number of hydrogen-bond acceptors (Lipinski definition) is 3. The van der Waals surface area contributed by atoms with Gasteiger partial charge in [0.1, 0.15) is 0 Å². The van der Waals surface area contributed by atoms with Crippen molar-refractivity contribution in [2.45, 2.75) is 51.5 Å². The second kappa shape index (κ2) is 5.89. The van der Waals surface area contributed by atoms with Crippen molar-refractivity contribution in [3.8, 4) is 0 Å². The minimum absolute atomic E-state index is 0.101. The molecule has 80 valence electrons. The smallest absolute Gasteiger partial charge is 0.0755 e. The zero-order valence-electron chi connectivity index (χ0n) is 9.42. The molecule has 0 saturated heterocycles. The van der Waals surface area contributed by atoms with Gasteiger partial charge in [-0.25, -0.2) is 0 Å². The highest BCUT2D eigenvalue weighted by atomic mass is 32.2. The average molecular weight is 205 g/mol. The van der Waals surface area contributed by atoms with Crippen LogP contribution in [0.1, 0.15) is 34.6 Å². The van der Waals surface area contributed by atoms with E-state index >= 15 is 0 Å². The van der Waals surface area contributed by atoms with E-state index in [0.29, 0.717) is 11.8 Å². The molecular formula is C10H23NOS. The zero-order valence-corrected chi connectivity index (χ0v) is 10.2. The van der Waals surface area contributed by atoms with Gasteiger partial charge in [-0.1, -0.05) is 13.8 Å². The highest BCUT2D eigenvalue weighted by molar-refractivity contribution is 7.99. The molecule has 0 aromatic carbocycles. The van der Waals surface area contributed by atoms with Crippen molar-refractivity contribution < 1.29 is 5.11 Å². The Kier molecular flexibility index (Phi) is 6.01. The van der Waals surface area contributed by atoms with E-state index in [2.05, 4.69) is 39.9 Å². The monoisotopic (exact) mass is 205 g/mol. The van der Waals surface area contributed by atoms with Gasteiger partial charge in [0.05, 0.1) is 6.10 Å². The van der Waals surface area contributed by atoms with Crippen LogP contribution in [0.5, 0.6) is 0 Å². The van der Waals surface area contributed by atoms with Crippen LogP contribution >= 0.6 is 11.8 Å². The lowest BCUT2D eigenvalue weighted by molar-refractivity contribution is 0.183. The second-order valence-corrected chi connectivity index (χ2v) is 6.28. The van der Waals surface area contributed by atoms with E-state index < -0.39 is 0 Å². The summed E-state index contributed by atoms with van der Waals surface area (Å²) in [6.45, 7) is 11.3. The molecule has 2 nitrogen and oxygen atoms in total. The molecule has 0 rings (SSSR count). The summed E-state index contributed by atoms with van der Waals surface area (Å²) in [7, 11) is 0. The van der Waals surface area contributed by atoms with Crippen LogP contribution in [0.15, 0.2) is 0 Å². The van der Waals surface area contributed by atoms with Crippen molar-refractivity contribution in [3.05, 3.63) is 0 Å². The van der Waals surface area contributed by atoms with Crippen LogP contribution in [0, 0.1) is 0 Å². The highest BCUT2D eigenvalue weighted by Gasteiger charge is 2.12. The van der Waals surface area contributed by atoms with Gasteiger partial charge in [0.2, 0.25) is 0 Å². The fourth-order valence-corrected chi connectivity index (χ4v) is 1.51. The first-order valence-electron chi connectivity index (χ1n) is 4.86. The van der Waals surface area contributed by atoms with Crippen molar-refractivity contribution in [2.75, 3.05) is 12.3 Å². The predicted octanol–water partition coefficient (Wildman–Crippen LogP) is 1.88. The van der Waals surface area contributed by atoms with Gasteiger partial charge < -0.3 is 10.4 Å². The third kappa shape index (κ3) is 10.2. The summed E-state index contributed by atoms with van der Waals surface area (Å²) in [5.74, 6) is 0.820. The summed E-state index contributed by atoms with van der Waals surface area (Å²) in [4.78, 5) is 0. The van der Waals surface area contributed by atoms with Crippen LogP contribution in [0.2, 0.25) is 0 Å². The maximum atomic E-state index is 9.58. The van der Waals surface area contributed by atoms with E-state index in [1.165, 1.54) is 0 Å². The number of aliphatic hydroxyl groups is 1. The first-order valence-corrected chi connectivity index (χ1v) is 5.91. The van der Waals surface area contributed by atoms with E-state index in [4.69, 9.17) is 0 Å². The molecule has 0 aliphatic heterocycles. The van der Waals surface area contributed by atoms with Gasteiger partial charge in [-0.05, 0) is 26.0 Å². The van der Waals surface area contributed by atoms with Crippen LogP contribution in [-0.4, -0.2) is 34.3 Å². The molecule has 3 heteroatoms. The molecule has 1 atom stereocenters. The Balaban J connectivity index is 3.46. The van der Waals surface area contributed by atoms with Gasteiger partial charge in [-0.15, -0.1) is 0 Å². The van der Waals surface area contributed by atoms with Gasteiger partial charge in [0.15, 0.2) is 0 Å². The van der Waals surface area contributed by atoms with E-state index in [-0.39, 0.29) is 11.6 Å². The maximum Gasteiger partial charge on any atom is 0.0755 e. The number of β-amino-alcohol motifs (C(OH)–C–C–N with tert-alkyl or cyclic N) is 1. The first-order chi connectivity index (χ1) is 5.81. The van der Waals surface area contributed by atoms with Crippen molar-refractivity contribution >= 4 is 11.8 Å². The summed E-state index contributed by atoms with van der Waals surface area (Å²) < 4.78 is 0. The quantitative estimate of drug-likeness (QED) is 0.719. The minimum atomic E-state index is -0.230. The van der Waals surface area contributed by atoms with Crippen LogP contribution in [0.25, 0.3) is 0 Å². The molecule has 0 saturated carbocycles. The van der Waals surface area contributed by atoms with E-state index in [1.54, 1.807) is 11.8 Å². The van der Waals surface area contributed by atoms with Gasteiger partial charge in [-0.2, -0.15) is 11.8 Å². The predicted molar refractivity (Wildman–Crippen MR) is 61.4 cm³/mol. The first kappa shape index (κ1) is 13.3. The Bertz CT molecular complexity index is 131. The Morgan fingerprint density at radius 3 is 2.23 bits per heavy atom. The zero-order chi connectivity index (χ0) is 10.5. The van der Waals surface area contributed by atoms with Crippen LogP contribution in [0.3, 0.4) is 0 Å². The maximum absolute atomic E-state index is 9.58. The lowest BCUT2D eigenvalue weighted by Crippen LogP contribution is -2.41. The van der Waals surface area contributed by atoms with Crippen molar-refractivity contribution in [3.63, 3.8) is 0 Å². The molecule has 0 aliphatic rings. The van der Waals surface area contributed by atoms with Crippen molar-refractivity contribution in [1.82, 2.24) is 5.32 Å². The van der Waals surface area contributed by atoms with E-state index in [0.717, 1.165) is 5.75 Å². The molecule has 0 aromatic rings. The van der Waals surface area contributed by atoms with Gasteiger partial charge in [-0.3, -0.25) is 0 Å². The summed E-state index contributed by atoms with van der Waals surface area (Å²) in [6, 6.07) is 0. The largest absolute Gasteiger partial charge is 0.391 e. The molecule has 0 radical (unpaired) electrons. The number of aliphatic hydroxyl groups excluding tert-OH is 1. The molecule has 0 aromatic heterocycles. The SMILES string of the molecule is CC(C)SCC(O)CNC(C)(C)C. The molecule has 0 aliphatic carbocycles. The Morgan fingerprint density at radius 1 is 1.31 bits per heavy atom. The van der Waals surface area contributed by atoms with E-state index in [9.17, 15) is 5.11 Å². The summed E-state index contributed by atoms with van der Waals surface area (Å²) in [6.07, 6.45) is -0.230. The molecule has 2 N–H and O–H groups in total. The molecule has 0 amide bonds. The topological polar surface area (TPSA) is 32.3 Å². The van der Waals surface area contributed by atoms with E-state index in [1.807, 2.05) is 0 Å². The lowest BCUT2D eigenvalue weighted by atomic mass is 10.1. The molecule has 13 heavy (non-hydrogen) atoms. The van der Waals surface area contributed by atoms with Crippen molar-refractivity contribution in [1.29, 1.82) is 0 Å². The lowest BCUT2D eigenvalue weighted by Gasteiger charge is -2.23. The average Bonchev–Trinajstić information content (AvgIpc) is 1.95. The summed E-state index contributed by atoms with van der Waals surface area (Å²) >= 11 is 1.80. The van der Waals surface area contributed by atoms with Crippen molar-refractivity contribution in [2.24, 2.45) is 0 Å². The van der Waals surface area contributed by atoms with Crippen LogP contribution in [0.4, 0.5) is 0 Å². The van der Waals surface area contributed by atoms with Crippen LogP contribution in [-0.2, 0) is 0 Å². The number of nitrogens with one attached hydrogen (secondary N) is 1. The molecule has 0 spiro atoms. The highest BCUT2D eigenvalue weighted by Crippen LogP contribution is 2.10. The third-order valence-corrected chi connectivity index (χ3v) is 2.73. The number of rotatable bonds is 5. The summed E-state index contributed by atoms with van der Waals surface area (Å²) in [5, 5.41) is 13.5. The molecule has 0 bridgehead atoms. The van der Waals surface area contributed by atoms with Crippen LogP contribution < -0.4 is 5.32 Å². The van der Waals surface area contributed by atoms with Gasteiger partial charge >= 0.3 is 0 Å². The normalized spacial score (nSPS) is 15.0. The molecule has 0 heterocycles. The molecule has 1 unspecified atom stereocenters. The number of thioether (sulfide) groups is 1.